The lowest BCUT2D eigenvalue weighted by Gasteiger charge is -2.09. The molecule has 106 valence electrons. The van der Waals surface area contributed by atoms with Gasteiger partial charge in [-0.05, 0) is 23.4 Å². The third kappa shape index (κ3) is 3.13. The van der Waals surface area contributed by atoms with Crippen LogP contribution < -0.4 is 10.1 Å². The van der Waals surface area contributed by atoms with Gasteiger partial charge in [0.25, 0.3) is 0 Å². The average Bonchev–Trinajstić information content (AvgIpc) is 3.02. The molecule has 0 aliphatic carbocycles. The van der Waals surface area contributed by atoms with E-state index in [4.69, 9.17) is 15.1 Å². The number of allylic oxidation sites excluding steroid dienone is 1. The van der Waals surface area contributed by atoms with Crippen molar-refractivity contribution in [3.05, 3.63) is 35.8 Å². The maximum atomic E-state index is 11.0. The van der Waals surface area contributed by atoms with Crippen LogP contribution in [0, 0.1) is 11.3 Å². The van der Waals surface area contributed by atoms with Crippen LogP contribution in [-0.2, 0) is 0 Å². The second-order valence-corrected chi connectivity index (χ2v) is 3.77. The van der Waals surface area contributed by atoms with E-state index in [-0.39, 0.29) is 17.0 Å². The van der Waals surface area contributed by atoms with Crippen molar-refractivity contribution in [1.82, 2.24) is 20.6 Å². The zero-order chi connectivity index (χ0) is 15.2. The molecular weight excluding hydrogens is 276 g/mol. The lowest BCUT2D eigenvalue weighted by molar-refractivity contribution is 0.0697. The molecule has 9 heteroatoms. The van der Waals surface area contributed by atoms with Crippen LogP contribution in [0.5, 0.6) is 5.75 Å². The number of aromatic nitrogens is 4. The number of rotatable bonds is 5. The van der Waals surface area contributed by atoms with E-state index in [1.807, 2.05) is 6.07 Å². The standard InChI is InChI=1S/C12H10N6O3/c1-21-10-3-2-7(12(19)20)4-9(10)14-6-8(5-13)11-15-17-18-16-11/h2-4,6,14H,1H3,(H,19,20)(H,15,16,17,18). The highest BCUT2D eigenvalue weighted by atomic mass is 16.5. The number of benzene rings is 1. The lowest BCUT2D eigenvalue weighted by Crippen LogP contribution is -2.00. The monoisotopic (exact) mass is 286 g/mol. The first kappa shape index (κ1) is 14.0. The number of H-pyrrole nitrogens is 1. The van der Waals surface area contributed by atoms with Gasteiger partial charge in [-0.2, -0.15) is 10.5 Å². The topological polar surface area (TPSA) is 137 Å². The molecule has 0 saturated carbocycles. The molecule has 9 nitrogen and oxygen atoms in total. The van der Waals surface area contributed by atoms with Crippen LogP contribution in [0.15, 0.2) is 24.4 Å². The smallest absolute Gasteiger partial charge is 0.335 e. The molecule has 0 unspecified atom stereocenters. The summed E-state index contributed by atoms with van der Waals surface area (Å²) in [4.78, 5) is 11.0. The van der Waals surface area contributed by atoms with Crippen molar-refractivity contribution >= 4 is 17.2 Å². The summed E-state index contributed by atoms with van der Waals surface area (Å²) in [6.07, 6.45) is 1.34. The first-order valence-electron chi connectivity index (χ1n) is 5.67. The summed E-state index contributed by atoms with van der Waals surface area (Å²) in [5, 5.41) is 33.8. The predicted molar refractivity (Wildman–Crippen MR) is 71.3 cm³/mol. The van der Waals surface area contributed by atoms with Gasteiger partial charge in [0.1, 0.15) is 17.4 Å². The highest BCUT2D eigenvalue weighted by Gasteiger charge is 2.10. The second kappa shape index (κ2) is 6.16. The van der Waals surface area contributed by atoms with Gasteiger partial charge in [-0.15, -0.1) is 10.2 Å². The molecule has 0 radical (unpaired) electrons. The van der Waals surface area contributed by atoms with E-state index < -0.39 is 5.97 Å². The van der Waals surface area contributed by atoms with E-state index in [1.54, 1.807) is 0 Å². The van der Waals surface area contributed by atoms with Gasteiger partial charge in [-0.25, -0.2) is 4.79 Å². The van der Waals surface area contributed by atoms with Gasteiger partial charge in [0, 0.05) is 6.20 Å². The first-order chi connectivity index (χ1) is 10.2. The molecule has 3 N–H and O–H groups in total. The number of methoxy groups -OCH3 is 1. The van der Waals surface area contributed by atoms with E-state index in [2.05, 4.69) is 25.9 Å². The van der Waals surface area contributed by atoms with E-state index >= 15 is 0 Å². The minimum Gasteiger partial charge on any atom is -0.495 e. The van der Waals surface area contributed by atoms with Crippen molar-refractivity contribution in [3.8, 4) is 11.8 Å². The molecule has 21 heavy (non-hydrogen) atoms. The molecule has 0 bridgehead atoms. The average molecular weight is 286 g/mol. The Morgan fingerprint density at radius 2 is 2.38 bits per heavy atom. The van der Waals surface area contributed by atoms with E-state index in [9.17, 15) is 4.79 Å². The van der Waals surface area contributed by atoms with Crippen molar-refractivity contribution in [3.63, 3.8) is 0 Å². The SMILES string of the molecule is COc1ccc(C(=O)O)cc1NC=C(C#N)c1nn[nH]n1. The number of carbonyl (C=O) groups is 1. The lowest BCUT2D eigenvalue weighted by atomic mass is 10.2. The van der Waals surface area contributed by atoms with Gasteiger partial charge >= 0.3 is 5.97 Å². The largest absolute Gasteiger partial charge is 0.495 e. The molecular formula is C12H10N6O3. The minimum atomic E-state index is -1.07. The molecule has 0 spiro atoms. The minimum absolute atomic E-state index is 0.0877. The maximum Gasteiger partial charge on any atom is 0.335 e. The number of anilines is 1. The molecule has 0 saturated heterocycles. The van der Waals surface area contributed by atoms with E-state index in [0.29, 0.717) is 11.4 Å². The summed E-state index contributed by atoms with van der Waals surface area (Å²) < 4.78 is 5.12. The van der Waals surface area contributed by atoms with Gasteiger partial charge in [0.15, 0.2) is 0 Å². The molecule has 0 fully saturated rings. The number of aromatic amines is 1. The highest BCUT2D eigenvalue weighted by Crippen LogP contribution is 2.26. The van der Waals surface area contributed by atoms with Crippen molar-refractivity contribution < 1.29 is 14.6 Å². The number of tetrazole rings is 1. The van der Waals surface area contributed by atoms with E-state index in [0.717, 1.165) is 0 Å². The second-order valence-electron chi connectivity index (χ2n) is 3.77. The van der Waals surface area contributed by atoms with Gasteiger partial charge in [-0.1, -0.05) is 0 Å². The number of aromatic carboxylic acids is 1. The highest BCUT2D eigenvalue weighted by molar-refractivity contribution is 5.89. The van der Waals surface area contributed by atoms with Crippen molar-refractivity contribution in [2.45, 2.75) is 0 Å². The Morgan fingerprint density at radius 1 is 1.57 bits per heavy atom. The first-order valence-corrected chi connectivity index (χ1v) is 5.67. The number of hydrogen-bond acceptors (Lipinski definition) is 7. The third-order valence-corrected chi connectivity index (χ3v) is 2.53. The van der Waals surface area contributed by atoms with Crippen LogP contribution in [0.4, 0.5) is 5.69 Å². The van der Waals surface area contributed by atoms with Crippen LogP contribution in [0.25, 0.3) is 5.57 Å². The summed E-state index contributed by atoms with van der Waals surface area (Å²) in [5.74, 6) is -0.511. The van der Waals surface area contributed by atoms with Crippen molar-refractivity contribution in [1.29, 1.82) is 5.26 Å². The summed E-state index contributed by atoms with van der Waals surface area (Å²) >= 11 is 0. The molecule has 1 heterocycles. The number of hydrogen-bond donors (Lipinski definition) is 3. The van der Waals surface area contributed by atoms with Crippen molar-refractivity contribution in [2.75, 3.05) is 12.4 Å². The molecule has 2 rings (SSSR count). The number of nitrogens with zero attached hydrogens (tertiary/aromatic N) is 4. The molecule has 0 amide bonds. The molecule has 1 aromatic heterocycles. The number of ether oxygens (including phenoxy) is 1. The number of nitriles is 1. The van der Waals surface area contributed by atoms with Crippen LogP contribution in [0.1, 0.15) is 16.2 Å². The Kier molecular flexibility index (Phi) is 4.11. The zero-order valence-electron chi connectivity index (χ0n) is 10.9. The molecule has 0 aliphatic heterocycles. The number of carboxylic acids is 1. The fraction of sp³-hybridized carbons (Fsp3) is 0.0833. The molecule has 0 aliphatic rings. The predicted octanol–water partition coefficient (Wildman–Crippen LogP) is 0.883. The maximum absolute atomic E-state index is 11.0. The van der Waals surface area contributed by atoms with Gasteiger partial charge in [0.2, 0.25) is 5.82 Å². The Bertz CT molecular complexity index is 717. The Hall–Kier alpha value is -3.41. The van der Waals surface area contributed by atoms with E-state index in [1.165, 1.54) is 31.5 Å². The van der Waals surface area contributed by atoms with Crippen LogP contribution in [0.2, 0.25) is 0 Å². The van der Waals surface area contributed by atoms with Gasteiger partial charge in [0.05, 0.1) is 18.4 Å². The zero-order valence-corrected chi connectivity index (χ0v) is 10.9. The Morgan fingerprint density at radius 3 is 2.95 bits per heavy atom. The summed E-state index contributed by atoms with van der Waals surface area (Å²) in [6.45, 7) is 0. The fourth-order valence-corrected chi connectivity index (χ4v) is 1.53. The van der Waals surface area contributed by atoms with Crippen LogP contribution in [-0.4, -0.2) is 38.8 Å². The number of nitrogens with one attached hydrogen (secondary N) is 2. The Balaban J connectivity index is 2.32. The summed E-state index contributed by atoms with van der Waals surface area (Å²) in [5.41, 5.74) is 0.616. The van der Waals surface area contributed by atoms with Crippen LogP contribution in [0.3, 0.4) is 0 Å². The molecule has 2 aromatic rings. The van der Waals surface area contributed by atoms with Gasteiger partial charge in [-0.3, -0.25) is 0 Å². The third-order valence-electron chi connectivity index (χ3n) is 2.53. The van der Waals surface area contributed by atoms with Crippen LogP contribution >= 0.6 is 0 Å². The molecule has 1 aromatic carbocycles. The summed E-state index contributed by atoms with van der Waals surface area (Å²) in [7, 11) is 1.45. The van der Waals surface area contributed by atoms with Gasteiger partial charge < -0.3 is 15.2 Å². The molecule has 0 atom stereocenters. The van der Waals surface area contributed by atoms with Crippen molar-refractivity contribution in [2.24, 2.45) is 0 Å². The normalized spacial score (nSPS) is 10.8. The summed E-state index contributed by atoms with van der Waals surface area (Å²) in [6, 6.07) is 6.23. The quantitative estimate of drug-likeness (QED) is 0.689. The number of carboxylic acid groups (broad SMARTS) is 1. The Labute approximate surface area is 118 Å². The fourth-order valence-electron chi connectivity index (χ4n) is 1.53.